The molecular formula is C19H19ClF2N2O5S. The molecule has 0 aliphatic rings. The normalized spacial score (nSPS) is 12.4. The van der Waals surface area contributed by atoms with Gasteiger partial charge in [-0.15, -0.1) is 0 Å². The summed E-state index contributed by atoms with van der Waals surface area (Å²) in [4.78, 5) is 23.7. The summed E-state index contributed by atoms with van der Waals surface area (Å²) < 4.78 is 53.5. The number of rotatable bonds is 6. The maximum atomic E-state index is 12.5. The average molecular weight is 461 g/mol. The van der Waals surface area contributed by atoms with Gasteiger partial charge in [0.15, 0.2) is 6.10 Å². The monoisotopic (exact) mass is 460 g/mol. The molecule has 2 rings (SSSR count). The number of carbonyl (C=O) groups is 2. The molecule has 0 saturated heterocycles. The molecule has 0 spiro atoms. The van der Waals surface area contributed by atoms with E-state index in [0.29, 0.717) is 10.8 Å². The number of nitrogens with one attached hydrogen (secondary N) is 2. The fraction of sp³-hybridized carbons (Fsp3) is 0.263. The molecule has 7 nitrogen and oxygen atoms in total. The Balaban J connectivity index is 1.98. The molecule has 0 fully saturated rings. The van der Waals surface area contributed by atoms with Gasteiger partial charge in [0.05, 0.1) is 4.90 Å². The molecule has 30 heavy (non-hydrogen) atoms. The van der Waals surface area contributed by atoms with Gasteiger partial charge in [-0.2, -0.15) is 8.78 Å². The Labute approximate surface area is 177 Å². The predicted octanol–water partition coefficient (Wildman–Crippen LogP) is 3.18. The van der Waals surface area contributed by atoms with Gasteiger partial charge in [0.2, 0.25) is 9.84 Å². The first kappa shape index (κ1) is 23.6. The van der Waals surface area contributed by atoms with Crippen molar-refractivity contribution in [3.05, 3.63) is 58.1 Å². The topological polar surface area (TPSA) is 102 Å². The van der Waals surface area contributed by atoms with Crippen LogP contribution in [-0.4, -0.2) is 32.1 Å². The Bertz CT molecular complexity index is 1040. The summed E-state index contributed by atoms with van der Waals surface area (Å²) in [6, 6.07) is 7.25. The van der Waals surface area contributed by atoms with Gasteiger partial charge < -0.3 is 4.74 Å². The van der Waals surface area contributed by atoms with Gasteiger partial charge >= 0.3 is 5.76 Å². The molecule has 1 atom stereocenters. The number of ether oxygens (including phenoxy) is 1. The Morgan fingerprint density at radius 1 is 1.03 bits per heavy atom. The first-order valence-electron chi connectivity index (χ1n) is 8.59. The van der Waals surface area contributed by atoms with Crippen molar-refractivity contribution in [3.8, 4) is 5.75 Å². The molecule has 0 aromatic heterocycles. The van der Waals surface area contributed by atoms with Gasteiger partial charge in [-0.3, -0.25) is 20.4 Å². The van der Waals surface area contributed by atoms with Crippen molar-refractivity contribution in [2.75, 3.05) is 0 Å². The van der Waals surface area contributed by atoms with Gasteiger partial charge in [-0.05, 0) is 68.3 Å². The van der Waals surface area contributed by atoms with Crippen LogP contribution in [0.1, 0.15) is 28.4 Å². The van der Waals surface area contributed by atoms with E-state index < -0.39 is 38.4 Å². The smallest absolute Gasteiger partial charge is 0.341 e. The van der Waals surface area contributed by atoms with Crippen molar-refractivity contribution in [2.24, 2.45) is 0 Å². The highest BCUT2D eigenvalue weighted by Crippen LogP contribution is 2.28. The highest BCUT2D eigenvalue weighted by molar-refractivity contribution is 7.91. The number of hydrazine groups is 1. The number of halogens is 3. The van der Waals surface area contributed by atoms with E-state index in [0.717, 1.165) is 35.4 Å². The second-order valence-electron chi connectivity index (χ2n) is 6.40. The van der Waals surface area contributed by atoms with Gasteiger partial charge in [-0.25, -0.2) is 8.42 Å². The predicted molar refractivity (Wildman–Crippen MR) is 106 cm³/mol. The minimum atomic E-state index is -4.76. The van der Waals surface area contributed by atoms with Crippen LogP contribution < -0.4 is 15.6 Å². The van der Waals surface area contributed by atoms with E-state index in [-0.39, 0.29) is 5.56 Å². The highest BCUT2D eigenvalue weighted by Gasteiger charge is 2.26. The van der Waals surface area contributed by atoms with Crippen molar-refractivity contribution in [3.63, 3.8) is 0 Å². The second kappa shape index (κ2) is 9.40. The fourth-order valence-corrected chi connectivity index (χ4v) is 3.55. The standard InChI is InChI=1S/C19H19ClF2N2O5S/c1-10-8-14(20)9-11(2)16(10)29-12(3)17(25)23-24-18(26)13-4-6-15(7-5-13)30(27,28)19(21)22/h4-9,12,19H,1-3H3,(H,23,25)(H,24,26)/t12-/m0/s1. The molecule has 0 bridgehead atoms. The lowest BCUT2D eigenvalue weighted by atomic mass is 10.1. The lowest BCUT2D eigenvalue weighted by molar-refractivity contribution is -0.128. The molecule has 2 N–H and O–H groups in total. The van der Waals surface area contributed by atoms with E-state index in [9.17, 15) is 26.8 Å². The maximum Gasteiger partial charge on any atom is 0.341 e. The van der Waals surface area contributed by atoms with Crippen molar-refractivity contribution in [2.45, 2.75) is 37.5 Å². The van der Waals surface area contributed by atoms with Crippen molar-refractivity contribution >= 4 is 33.3 Å². The summed E-state index contributed by atoms with van der Waals surface area (Å²) in [6.45, 7) is 5.04. The Morgan fingerprint density at radius 3 is 2.07 bits per heavy atom. The molecular weight excluding hydrogens is 442 g/mol. The fourth-order valence-electron chi connectivity index (χ4n) is 2.50. The number of carbonyl (C=O) groups excluding carboxylic acids is 2. The number of aryl methyl sites for hydroxylation is 2. The van der Waals surface area contributed by atoms with Crippen LogP contribution in [0.5, 0.6) is 5.75 Å². The van der Waals surface area contributed by atoms with E-state index in [1.807, 2.05) is 0 Å². The molecule has 2 aromatic carbocycles. The van der Waals surface area contributed by atoms with E-state index in [4.69, 9.17) is 16.3 Å². The molecule has 11 heteroatoms. The van der Waals surface area contributed by atoms with E-state index in [1.165, 1.54) is 6.92 Å². The second-order valence-corrected chi connectivity index (χ2v) is 8.76. The van der Waals surface area contributed by atoms with Crippen molar-refractivity contribution in [1.82, 2.24) is 10.9 Å². The third kappa shape index (κ3) is 5.45. The van der Waals surface area contributed by atoms with Gasteiger partial charge in [0.25, 0.3) is 11.8 Å². The molecule has 162 valence electrons. The van der Waals surface area contributed by atoms with Gasteiger partial charge in [0.1, 0.15) is 5.75 Å². The number of hydrogen-bond acceptors (Lipinski definition) is 5. The van der Waals surface area contributed by atoms with Crippen LogP contribution in [0.25, 0.3) is 0 Å². The third-order valence-electron chi connectivity index (χ3n) is 4.07. The Hall–Kier alpha value is -2.72. The first-order chi connectivity index (χ1) is 13.9. The quantitative estimate of drug-likeness (QED) is 0.645. The molecule has 0 aliphatic heterocycles. The van der Waals surface area contributed by atoms with Crippen LogP contribution in [0.15, 0.2) is 41.3 Å². The first-order valence-corrected chi connectivity index (χ1v) is 10.5. The minimum Gasteiger partial charge on any atom is -0.480 e. The van der Waals surface area contributed by atoms with E-state index in [2.05, 4.69) is 10.9 Å². The van der Waals surface area contributed by atoms with Crippen LogP contribution in [0, 0.1) is 13.8 Å². The third-order valence-corrected chi connectivity index (χ3v) is 5.68. The summed E-state index contributed by atoms with van der Waals surface area (Å²) in [6.07, 6.45) is -0.956. The molecule has 2 amide bonds. The van der Waals surface area contributed by atoms with Crippen LogP contribution >= 0.6 is 11.6 Å². The zero-order chi connectivity index (χ0) is 22.6. The minimum absolute atomic E-state index is 0.0403. The molecule has 2 aromatic rings. The molecule has 0 radical (unpaired) electrons. The van der Waals surface area contributed by atoms with Crippen LogP contribution in [0.4, 0.5) is 8.78 Å². The highest BCUT2D eigenvalue weighted by atomic mass is 35.5. The number of benzene rings is 2. The van der Waals surface area contributed by atoms with Gasteiger partial charge in [-0.1, -0.05) is 11.6 Å². The summed E-state index contributed by atoms with van der Waals surface area (Å²) in [7, 11) is -4.76. The summed E-state index contributed by atoms with van der Waals surface area (Å²) in [5.74, 6) is -4.49. The molecule has 0 heterocycles. The summed E-state index contributed by atoms with van der Waals surface area (Å²) in [5, 5.41) is 0.536. The summed E-state index contributed by atoms with van der Waals surface area (Å²) in [5.41, 5.74) is 5.77. The van der Waals surface area contributed by atoms with Gasteiger partial charge in [0, 0.05) is 10.6 Å². The average Bonchev–Trinajstić information content (AvgIpc) is 2.68. The number of sulfone groups is 1. The lowest BCUT2D eigenvalue weighted by Crippen LogP contribution is -2.47. The molecule has 0 unspecified atom stereocenters. The number of amides is 2. The largest absolute Gasteiger partial charge is 0.480 e. The van der Waals surface area contributed by atoms with Crippen LogP contribution in [0.2, 0.25) is 5.02 Å². The van der Waals surface area contributed by atoms with Crippen LogP contribution in [-0.2, 0) is 14.6 Å². The summed E-state index contributed by atoms with van der Waals surface area (Å²) >= 11 is 5.96. The Morgan fingerprint density at radius 2 is 1.57 bits per heavy atom. The Kier molecular flexibility index (Phi) is 7.38. The number of alkyl halides is 2. The maximum absolute atomic E-state index is 12.5. The SMILES string of the molecule is Cc1cc(Cl)cc(C)c1O[C@@H](C)C(=O)NNC(=O)c1ccc(S(=O)(=O)C(F)F)cc1. The van der Waals surface area contributed by atoms with E-state index >= 15 is 0 Å². The van der Waals surface area contributed by atoms with Crippen molar-refractivity contribution in [1.29, 1.82) is 0 Å². The zero-order valence-corrected chi connectivity index (χ0v) is 17.8. The molecule has 0 aliphatic carbocycles. The zero-order valence-electron chi connectivity index (χ0n) is 16.2. The number of hydrogen-bond donors (Lipinski definition) is 2. The molecule has 0 saturated carbocycles. The van der Waals surface area contributed by atoms with Crippen molar-refractivity contribution < 1.29 is 31.5 Å². The van der Waals surface area contributed by atoms with E-state index in [1.54, 1.807) is 26.0 Å². The van der Waals surface area contributed by atoms with Crippen LogP contribution in [0.3, 0.4) is 0 Å². The lowest BCUT2D eigenvalue weighted by Gasteiger charge is -2.18.